The normalized spacial score (nSPS) is 10.6. The predicted molar refractivity (Wildman–Crippen MR) is 42.8 cm³/mol. The van der Waals surface area contributed by atoms with Crippen LogP contribution in [-0.4, -0.2) is 11.2 Å². The van der Waals surface area contributed by atoms with Crippen LogP contribution < -0.4 is 0 Å². The van der Waals surface area contributed by atoms with Gasteiger partial charge >= 0.3 is 0 Å². The standard InChI is InChI=1S/C8H10N2/c1-3-10-8-4-5-9-6-7(8)2/h3-6H,1-2H3/b10-3-. The van der Waals surface area contributed by atoms with E-state index < -0.39 is 0 Å². The minimum absolute atomic E-state index is 0.998. The highest BCUT2D eigenvalue weighted by molar-refractivity contribution is 5.61. The van der Waals surface area contributed by atoms with Crippen molar-refractivity contribution in [1.29, 1.82) is 0 Å². The third kappa shape index (κ3) is 1.41. The first kappa shape index (κ1) is 6.93. The Morgan fingerprint density at radius 2 is 2.40 bits per heavy atom. The Bertz CT molecular complexity index is 241. The number of rotatable bonds is 1. The highest BCUT2D eigenvalue weighted by Crippen LogP contribution is 2.14. The topological polar surface area (TPSA) is 25.2 Å². The molecule has 0 bridgehead atoms. The van der Waals surface area contributed by atoms with Gasteiger partial charge in [-0.25, -0.2) is 0 Å². The van der Waals surface area contributed by atoms with E-state index in [1.807, 2.05) is 26.1 Å². The molecule has 0 amide bonds. The molecule has 1 aromatic rings. The largest absolute Gasteiger partial charge is 0.264 e. The molecule has 2 nitrogen and oxygen atoms in total. The van der Waals surface area contributed by atoms with Crippen LogP contribution in [0.15, 0.2) is 23.5 Å². The molecule has 0 atom stereocenters. The first-order valence-electron chi connectivity index (χ1n) is 3.24. The average molecular weight is 134 g/mol. The van der Waals surface area contributed by atoms with Gasteiger partial charge in [-0.05, 0) is 25.5 Å². The maximum absolute atomic E-state index is 4.14. The van der Waals surface area contributed by atoms with E-state index in [2.05, 4.69) is 9.98 Å². The maximum Gasteiger partial charge on any atom is 0.0685 e. The fourth-order valence-electron chi connectivity index (χ4n) is 0.750. The molecule has 0 spiro atoms. The van der Waals surface area contributed by atoms with E-state index in [1.54, 1.807) is 12.4 Å². The second kappa shape index (κ2) is 3.11. The number of aromatic nitrogens is 1. The average Bonchev–Trinajstić information content (AvgIpc) is 1.94. The molecule has 0 aromatic carbocycles. The predicted octanol–water partition coefficient (Wildman–Crippen LogP) is 2.11. The van der Waals surface area contributed by atoms with Crippen molar-refractivity contribution in [3.8, 4) is 0 Å². The number of hydrogen-bond donors (Lipinski definition) is 0. The molecule has 0 aliphatic carbocycles. The molecular formula is C8H10N2. The smallest absolute Gasteiger partial charge is 0.0685 e. The molecule has 0 radical (unpaired) electrons. The summed E-state index contributed by atoms with van der Waals surface area (Å²) >= 11 is 0. The van der Waals surface area contributed by atoms with Crippen LogP contribution in [0, 0.1) is 6.92 Å². The molecule has 0 saturated heterocycles. The van der Waals surface area contributed by atoms with E-state index in [9.17, 15) is 0 Å². The molecule has 1 heterocycles. The van der Waals surface area contributed by atoms with Gasteiger partial charge in [0, 0.05) is 18.6 Å². The summed E-state index contributed by atoms with van der Waals surface area (Å²) < 4.78 is 0. The summed E-state index contributed by atoms with van der Waals surface area (Å²) in [5, 5.41) is 0. The summed E-state index contributed by atoms with van der Waals surface area (Å²) in [6, 6.07) is 1.90. The number of aliphatic imine (C=N–C) groups is 1. The fourth-order valence-corrected chi connectivity index (χ4v) is 0.750. The van der Waals surface area contributed by atoms with Crippen molar-refractivity contribution >= 4 is 11.9 Å². The molecule has 0 unspecified atom stereocenters. The number of nitrogens with zero attached hydrogens (tertiary/aromatic N) is 2. The van der Waals surface area contributed by atoms with Gasteiger partial charge in [0.05, 0.1) is 5.69 Å². The van der Waals surface area contributed by atoms with E-state index >= 15 is 0 Å². The molecule has 10 heavy (non-hydrogen) atoms. The fraction of sp³-hybridized carbons (Fsp3) is 0.250. The summed E-state index contributed by atoms with van der Waals surface area (Å²) in [5.41, 5.74) is 2.11. The second-order valence-corrected chi connectivity index (χ2v) is 2.05. The van der Waals surface area contributed by atoms with Crippen LogP contribution in [0.2, 0.25) is 0 Å². The van der Waals surface area contributed by atoms with Crippen LogP contribution in [0.3, 0.4) is 0 Å². The number of hydrogen-bond acceptors (Lipinski definition) is 2. The molecule has 0 aliphatic rings. The van der Waals surface area contributed by atoms with E-state index in [-0.39, 0.29) is 0 Å². The van der Waals surface area contributed by atoms with Gasteiger partial charge in [0.25, 0.3) is 0 Å². The molecule has 2 heteroatoms. The number of pyridine rings is 1. The Balaban J connectivity index is 3.03. The second-order valence-electron chi connectivity index (χ2n) is 2.05. The Hall–Kier alpha value is -1.18. The van der Waals surface area contributed by atoms with E-state index in [1.165, 1.54) is 0 Å². The first-order valence-corrected chi connectivity index (χ1v) is 3.24. The molecule has 0 aliphatic heterocycles. The zero-order valence-electron chi connectivity index (χ0n) is 6.20. The van der Waals surface area contributed by atoms with E-state index in [0.29, 0.717) is 0 Å². The van der Waals surface area contributed by atoms with Crippen LogP contribution in [-0.2, 0) is 0 Å². The van der Waals surface area contributed by atoms with Crippen molar-refractivity contribution in [2.45, 2.75) is 13.8 Å². The van der Waals surface area contributed by atoms with Crippen LogP contribution in [0.4, 0.5) is 5.69 Å². The Morgan fingerprint density at radius 3 is 3.00 bits per heavy atom. The highest BCUT2D eigenvalue weighted by atomic mass is 14.7. The molecule has 1 rings (SSSR count). The zero-order valence-corrected chi connectivity index (χ0v) is 6.20. The van der Waals surface area contributed by atoms with E-state index in [0.717, 1.165) is 11.3 Å². The Kier molecular flexibility index (Phi) is 2.15. The van der Waals surface area contributed by atoms with Crippen LogP contribution in [0.1, 0.15) is 12.5 Å². The van der Waals surface area contributed by atoms with Crippen molar-refractivity contribution in [2.75, 3.05) is 0 Å². The number of aryl methyl sites for hydroxylation is 1. The minimum Gasteiger partial charge on any atom is -0.264 e. The maximum atomic E-state index is 4.14. The minimum atomic E-state index is 0.998. The SMILES string of the molecule is C/C=N\c1ccncc1C. The lowest BCUT2D eigenvalue weighted by Crippen LogP contribution is -1.75. The Labute approximate surface area is 60.6 Å². The van der Waals surface area contributed by atoms with Crippen molar-refractivity contribution in [2.24, 2.45) is 4.99 Å². The van der Waals surface area contributed by atoms with Gasteiger partial charge < -0.3 is 0 Å². The van der Waals surface area contributed by atoms with Gasteiger partial charge in [-0.2, -0.15) is 0 Å². The van der Waals surface area contributed by atoms with Gasteiger partial charge in [0.2, 0.25) is 0 Å². The summed E-state index contributed by atoms with van der Waals surface area (Å²) in [4.78, 5) is 8.09. The van der Waals surface area contributed by atoms with Gasteiger partial charge in [0.15, 0.2) is 0 Å². The summed E-state index contributed by atoms with van der Waals surface area (Å²) in [6.45, 7) is 3.90. The molecule has 52 valence electrons. The van der Waals surface area contributed by atoms with Crippen molar-refractivity contribution in [3.63, 3.8) is 0 Å². The highest BCUT2D eigenvalue weighted by Gasteiger charge is 1.90. The van der Waals surface area contributed by atoms with Crippen molar-refractivity contribution < 1.29 is 0 Å². The quantitative estimate of drug-likeness (QED) is 0.540. The lowest BCUT2D eigenvalue weighted by molar-refractivity contribution is 1.25. The summed E-state index contributed by atoms with van der Waals surface area (Å²) in [5.74, 6) is 0. The summed E-state index contributed by atoms with van der Waals surface area (Å²) in [6.07, 6.45) is 5.33. The molecule has 0 fully saturated rings. The van der Waals surface area contributed by atoms with Gasteiger partial charge in [-0.15, -0.1) is 0 Å². The van der Waals surface area contributed by atoms with Crippen molar-refractivity contribution in [1.82, 2.24) is 4.98 Å². The van der Waals surface area contributed by atoms with E-state index in [4.69, 9.17) is 0 Å². The lowest BCUT2D eigenvalue weighted by Gasteiger charge is -1.94. The van der Waals surface area contributed by atoms with Gasteiger partial charge in [0.1, 0.15) is 0 Å². The third-order valence-electron chi connectivity index (χ3n) is 1.26. The van der Waals surface area contributed by atoms with Crippen LogP contribution in [0.5, 0.6) is 0 Å². The van der Waals surface area contributed by atoms with Gasteiger partial charge in [-0.1, -0.05) is 0 Å². The monoisotopic (exact) mass is 134 g/mol. The molecular weight excluding hydrogens is 124 g/mol. The van der Waals surface area contributed by atoms with Crippen molar-refractivity contribution in [3.05, 3.63) is 24.0 Å². The Morgan fingerprint density at radius 1 is 1.60 bits per heavy atom. The summed E-state index contributed by atoms with van der Waals surface area (Å²) in [7, 11) is 0. The van der Waals surface area contributed by atoms with Crippen LogP contribution in [0.25, 0.3) is 0 Å². The third-order valence-corrected chi connectivity index (χ3v) is 1.26. The lowest BCUT2D eigenvalue weighted by atomic mass is 10.3. The molecule has 0 N–H and O–H groups in total. The molecule has 1 aromatic heterocycles. The first-order chi connectivity index (χ1) is 4.84. The van der Waals surface area contributed by atoms with Crippen LogP contribution >= 0.6 is 0 Å². The zero-order chi connectivity index (χ0) is 7.40. The van der Waals surface area contributed by atoms with Gasteiger partial charge in [-0.3, -0.25) is 9.98 Å². The molecule has 0 saturated carbocycles.